The Morgan fingerprint density at radius 3 is 2.54 bits per heavy atom. The van der Waals surface area contributed by atoms with E-state index in [1.807, 2.05) is 84.9 Å². The molecule has 4 aromatic rings. The van der Waals surface area contributed by atoms with Crippen LogP contribution in [0.15, 0.2) is 91.1 Å². The number of halogens is 1. The molecule has 1 fully saturated rings. The highest BCUT2D eigenvalue weighted by Gasteiger charge is 2.34. The summed E-state index contributed by atoms with van der Waals surface area (Å²) in [6.07, 6.45) is 3.43. The Kier molecular flexibility index (Phi) is 7.78. The predicted molar refractivity (Wildman–Crippen MR) is 146 cm³/mol. The van der Waals surface area contributed by atoms with E-state index in [9.17, 15) is 9.90 Å². The van der Waals surface area contributed by atoms with Gasteiger partial charge in [-0.05, 0) is 42.5 Å². The summed E-state index contributed by atoms with van der Waals surface area (Å²) in [6.45, 7) is 1.08. The van der Waals surface area contributed by atoms with Crippen LogP contribution in [0.4, 0.5) is 5.95 Å². The van der Waals surface area contributed by atoms with Gasteiger partial charge in [-0.2, -0.15) is 0 Å². The molecule has 0 saturated carbocycles. The van der Waals surface area contributed by atoms with Crippen LogP contribution < -0.4 is 5.32 Å². The number of carbonyl (C=O) groups excluding carboxylic acids is 1. The molecule has 0 bridgehead atoms. The number of likely N-dealkylation sites (tertiary alicyclic amines) is 1. The minimum Gasteiger partial charge on any atom is -0.386 e. The zero-order chi connectivity index (χ0) is 25.6. The molecule has 2 atom stereocenters. The van der Waals surface area contributed by atoms with Crippen molar-refractivity contribution in [2.75, 3.05) is 11.9 Å². The molecule has 5 rings (SSSR count). The van der Waals surface area contributed by atoms with Crippen molar-refractivity contribution in [3.8, 4) is 11.3 Å². The van der Waals surface area contributed by atoms with Gasteiger partial charge < -0.3 is 15.3 Å². The molecule has 2 heterocycles. The minimum atomic E-state index is -0.759. The number of amides is 1. The second kappa shape index (κ2) is 11.5. The van der Waals surface area contributed by atoms with Crippen molar-refractivity contribution >= 4 is 23.5 Å². The Morgan fingerprint density at radius 1 is 1.03 bits per heavy atom. The molecule has 0 aliphatic carbocycles. The zero-order valence-corrected chi connectivity index (χ0v) is 21.2. The monoisotopic (exact) mass is 512 g/mol. The summed E-state index contributed by atoms with van der Waals surface area (Å²) in [7, 11) is 0. The number of aliphatic hydroxyl groups is 1. The number of benzene rings is 3. The maximum Gasteiger partial charge on any atom is 0.258 e. The first-order chi connectivity index (χ1) is 18.1. The van der Waals surface area contributed by atoms with Crippen LogP contribution in [0.25, 0.3) is 11.3 Å². The first-order valence-electron chi connectivity index (χ1n) is 12.5. The lowest BCUT2D eigenvalue weighted by Gasteiger charge is -2.39. The Morgan fingerprint density at radius 2 is 1.78 bits per heavy atom. The van der Waals surface area contributed by atoms with Gasteiger partial charge in [0.1, 0.15) is 0 Å². The molecule has 1 aliphatic heterocycles. The van der Waals surface area contributed by atoms with Crippen LogP contribution in [-0.4, -0.2) is 38.5 Å². The Bertz CT molecular complexity index is 1350. The summed E-state index contributed by atoms with van der Waals surface area (Å²) in [6, 6.07) is 26.5. The molecule has 2 N–H and O–H groups in total. The molecular weight excluding hydrogens is 484 g/mol. The molecule has 1 saturated heterocycles. The molecule has 1 amide bonds. The number of aromatic nitrogens is 2. The highest BCUT2D eigenvalue weighted by molar-refractivity contribution is 6.30. The Balaban J connectivity index is 1.45. The summed E-state index contributed by atoms with van der Waals surface area (Å²) in [4.78, 5) is 25.0. The zero-order valence-electron chi connectivity index (χ0n) is 20.4. The molecule has 188 valence electrons. The third kappa shape index (κ3) is 5.82. The number of nitrogens with zero attached hydrogens (tertiary/aromatic N) is 3. The van der Waals surface area contributed by atoms with Crippen LogP contribution in [-0.2, 0) is 6.54 Å². The van der Waals surface area contributed by atoms with Gasteiger partial charge >= 0.3 is 0 Å². The number of piperidine rings is 1. The lowest BCUT2D eigenvalue weighted by atomic mass is 9.92. The van der Waals surface area contributed by atoms with E-state index >= 15 is 0 Å². The van der Waals surface area contributed by atoms with Gasteiger partial charge in [0.2, 0.25) is 5.95 Å². The average molecular weight is 513 g/mol. The lowest BCUT2D eigenvalue weighted by molar-refractivity contribution is 0.0212. The van der Waals surface area contributed by atoms with E-state index in [4.69, 9.17) is 16.6 Å². The number of carbonyl (C=O) groups is 1. The maximum atomic E-state index is 14.0. The van der Waals surface area contributed by atoms with Crippen molar-refractivity contribution in [1.82, 2.24) is 14.9 Å². The summed E-state index contributed by atoms with van der Waals surface area (Å²) >= 11 is 6.12. The van der Waals surface area contributed by atoms with E-state index in [-0.39, 0.29) is 11.9 Å². The minimum absolute atomic E-state index is 0.167. The molecule has 1 aromatic heterocycles. The Hall–Kier alpha value is -3.74. The van der Waals surface area contributed by atoms with Gasteiger partial charge in [-0.25, -0.2) is 9.97 Å². The number of anilines is 1. The van der Waals surface area contributed by atoms with Crippen molar-refractivity contribution in [1.29, 1.82) is 0 Å². The average Bonchev–Trinajstić information content (AvgIpc) is 2.96. The standard InChI is InChI=1S/C30H29ClN4O2/c31-24-15-9-10-21(18-24)19-32-30-33-20-25(27(34-30)22-11-3-1-4-12-22)29(37)35-17-8-7-16-26(35)28(36)23-13-5-2-6-14-23/h1-6,9-15,18,20,26,28,36H,7-8,16-17,19H2,(H,32,33,34). The van der Waals surface area contributed by atoms with E-state index in [0.29, 0.717) is 35.3 Å². The fourth-order valence-electron chi connectivity index (χ4n) is 4.83. The molecule has 7 heteroatoms. The van der Waals surface area contributed by atoms with Gasteiger partial charge in [0.15, 0.2) is 0 Å². The van der Waals surface area contributed by atoms with E-state index < -0.39 is 6.10 Å². The fraction of sp³-hybridized carbons (Fsp3) is 0.233. The van der Waals surface area contributed by atoms with Gasteiger partial charge in [-0.1, -0.05) is 84.4 Å². The van der Waals surface area contributed by atoms with E-state index in [1.165, 1.54) is 0 Å². The molecule has 0 radical (unpaired) electrons. The molecule has 0 spiro atoms. The number of rotatable bonds is 7. The summed E-state index contributed by atoms with van der Waals surface area (Å²) in [5.74, 6) is 0.259. The molecule has 2 unspecified atom stereocenters. The smallest absolute Gasteiger partial charge is 0.258 e. The second-order valence-corrected chi connectivity index (χ2v) is 9.66. The number of aliphatic hydroxyl groups excluding tert-OH is 1. The number of nitrogens with one attached hydrogen (secondary N) is 1. The summed E-state index contributed by atoms with van der Waals surface area (Å²) < 4.78 is 0. The molecule has 1 aliphatic rings. The molecular formula is C30H29ClN4O2. The van der Waals surface area contributed by atoms with Crippen LogP contribution in [0.3, 0.4) is 0 Å². The van der Waals surface area contributed by atoms with E-state index in [0.717, 1.165) is 36.0 Å². The first kappa shape index (κ1) is 24.9. The van der Waals surface area contributed by atoms with Gasteiger partial charge in [-0.15, -0.1) is 0 Å². The van der Waals surface area contributed by atoms with Crippen LogP contribution in [0.1, 0.15) is 46.9 Å². The number of hydrogen-bond donors (Lipinski definition) is 2. The molecule has 37 heavy (non-hydrogen) atoms. The van der Waals surface area contributed by atoms with Crippen LogP contribution in [0.5, 0.6) is 0 Å². The van der Waals surface area contributed by atoms with Crippen molar-refractivity contribution in [3.05, 3.63) is 113 Å². The quantitative estimate of drug-likeness (QED) is 0.311. The molecule has 6 nitrogen and oxygen atoms in total. The van der Waals surface area contributed by atoms with Gasteiger partial charge in [0, 0.05) is 29.9 Å². The normalized spacial score (nSPS) is 16.3. The van der Waals surface area contributed by atoms with Crippen molar-refractivity contribution in [2.24, 2.45) is 0 Å². The SMILES string of the molecule is O=C(c1cnc(NCc2cccc(Cl)c2)nc1-c1ccccc1)N1CCCCC1C(O)c1ccccc1. The van der Waals surface area contributed by atoms with Crippen molar-refractivity contribution in [3.63, 3.8) is 0 Å². The van der Waals surface area contributed by atoms with Crippen LogP contribution in [0.2, 0.25) is 5.02 Å². The highest BCUT2D eigenvalue weighted by Crippen LogP contribution is 2.32. The topological polar surface area (TPSA) is 78.4 Å². The summed E-state index contributed by atoms with van der Waals surface area (Å²) in [5, 5.41) is 15.1. The van der Waals surface area contributed by atoms with Crippen LogP contribution >= 0.6 is 11.6 Å². The van der Waals surface area contributed by atoms with Gasteiger partial charge in [0.25, 0.3) is 5.91 Å². The highest BCUT2D eigenvalue weighted by atomic mass is 35.5. The first-order valence-corrected chi connectivity index (χ1v) is 12.9. The van der Waals surface area contributed by atoms with Gasteiger partial charge in [0.05, 0.1) is 23.4 Å². The maximum absolute atomic E-state index is 14.0. The van der Waals surface area contributed by atoms with Crippen molar-refractivity contribution in [2.45, 2.75) is 38.0 Å². The third-order valence-corrected chi connectivity index (χ3v) is 6.96. The second-order valence-electron chi connectivity index (χ2n) is 9.22. The predicted octanol–water partition coefficient (Wildman–Crippen LogP) is 6.14. The third-order valence-electron chi connectivity index (χ3n) is 6.72. The van der Waals surface area contributed by atoms with E-state index in [1.54, 1.807) is 11.1 Å². The Labute approximate surface area is 222 Å². The number of hydrogen-bond acceptors (Lipinski definition) is 5. The largest absolute Gasteiger partial charge is 0.386 e. The van der Waals surface area contributed by atoms with Crippen molar-refractivity contribution < 1.29 is 9.90 Å². The lowest BCUT2D eigenvalue weighted by Crippen LogP contribution is -2.47. The fourth-order valence-corrected chi connectivity index (χ4v) is 5.05. The van der Waals surface area contributed by atoms with Crippen LogP contribution in [0, 0.1) is 0 Å². The summed E-state index contributed by atoms with van der Waals surface area (Å²) in [5.41, 5.74) is 3.63. The van der Waals surface area contributed by atoms with E-state index in [2.05, 4.69) is 10.3 Å². The van der Waals surface area contributed by atoms with Gasteiger partial charge in [-0.3, -0.25) is 4.79 Å². The molecule has 3 aromatic carbocycles.